The second-order valence-corrected chi connectivity index (χ2v) is 3.93. The maximum atomic E-state index is 5.35. The van der Waals surface area contributed by atoms with Crippen LogP contribution in [0.2, 0.25) is 0 Å². The number of rotatable bonds is 6. The molecule has 4 heteroatoms. The summed E-state index contributed by atoms with van der Waals surface area (Å²) in [6.45, 7) is 6.32. The van der Waals surface area contributed by atoms with Crippen LogP contribution in [0.25, 0.3) is 0 Å². The molecule has 0 fully saturated rings. The lowest BCUT2D eigenvalue weighted by Crippen LogP contribution is -2.29. The van der Waals surface area contributed by atoms with Crippen LogP contribution in [0.1, 0.15) is 19.6 Å². The molecule has 0 saturated carbocycles. The lowest BCUT2D eigenvalue weighted by atomic mass is 10.3. The maximum Gasteiger partial charge on any atom is 0.169 e. The van der Waals surface area contributed by atoms with Gasteiger partial charge in [-0.3, -0.25) is 0 Å². The normalized spacial score (nSPS) is 13.1. The van der Waals surface area contributed by atoms with E-state index in [0.717, 1.165) is 30.2 Å². The van der Waals surface area contributed by atoms with Gasteiger partial charge in [0.05, 0.1) is 13.2 Å². The Morgan fingerprint density at radius 3 is 2.93 bits per heavy atom. The van der Waals surface area contributed by atoms with Crippen LogP contribution >= 0.6 is 15.9 Å². The molecule has 1 aromatic heterocycles. The van der Waals surface area contributed by atoms with E-state index in [1.54, 1.807) is 0 Å². The summed E-state index contributed by atoms with van der Waals surface area (Å²) < 4.78 is 11.4. The summed E-state index contributed by atoms with van der Waals surface area (Å²) in [6, 6.07) is 4.19. The van der Waals surface area contributed by atoms with E-state index in [-0.39, 0.29) is 0 Å². The van der Waals surface area contributed by atoms with Gasteiger partial charge in [-0.15, -0.1) is 0 Å². The van der Waals surface area contributed by atoms with Gasteiger partial charge in [0.1, 0.15) is 5.76 Å². The monoisotopic (exact) mass is 261 g/mol. The standard InChI is InChI=1S/C10H16BrNO2/c1-3-13-7-8(2)12-6-9-4-5-10(11)14-9/h4-5,8,12H,3,6-7H2,1-2H3. The molecule has 1 aromatic rings. The molecule has 3 nitrogen and oxygen atoms in total. The smallest absolute Gasteiger partial charge is 0.169 e. The van der Waals surface area contributed by atoms with Crippen LogP contribution in [0.4, 0.5) is 0 Å². The minimum Gasteiger partial charge on any atom is -0.453 e. The number of furan rings is 1. The van der Waals surface area contributed by atoms with Crippen molar-refractivity contribution in [2.45, 2.75) is 26.4 Å². The summed E-state index contributed by atoms with van der Waals surface area (Å²) in [7, 11) is 0. The Kier molecular flexibility index (Phi) is 5.22. The van der Waals surface area contributed by atoms with Crippen molar-refractivity contribution in [3.05, 3.63) is 22.6 Å². The van der Waals surface area contributed by atoms with Crippen molar-refractivity contribution in [1.82, 2.24) is 5.32 Å². The van der Waals surface area contributed by atoms with Crippen molar-refractivity contribution in [3.63, 3.8) is 0 Å². The minimum atomic E-state index is 0.346. The van der Waals surface area contributed by atoms with Crippen molar-refractivity contribution < 1.29 is 9.15 Å². The predicted molar refractivity (Wildman–Crippen MR) is 59.2 cm³/mol. The van der Waals surface area contributed by atoms with Gasteiger partial charge in [0.15, 0.2) is 4.67 Å². The highest BCUT2D eigenvalue weighted by Crippen LogP contribution is 2.13. The van der Waals surface area contributed by atoms with Crippen molar-refractivity contribution in [2.24, 2.45) is 0 Å². The largest absolute Gasteiger partial charge is 0.453 e. The van der Waals surface area contributed by atoms with E-state index in [1.807, 2.05) is 19.1 Å². The molecule has 0 spiro atoms. The Balaban J connectivity index is 2.20. The van der Waals surface area contributed by atoms with Gasteiger partial charge >= 0.3 is 0 Å². The molecule has 0 aliphatic carbocycles. The molecule has 0 bridgehead atoms. The third-order valence-corrected chi connectivity index (χ3v) is 2.25. The van der Waals surface area contributed by atoms with Gasteiger partial charge in [0, 0.05) is 12.6 Å². The van der Waals surface area contributed by atoms with E-state index < -0.39 is 0 Å². The Labute approximate surface area is 92.9 Å². The fourth-order valence-electron chi connectivity index (χ4n) is 1.08. The van der Waals surface area contributed by atoms with Crippen LogP contribution in [-0.4, -0.2) is 19.3 Å². The maximum absolute atomic E-state index is 5.35. The molecule has 14 heavy (non-hydrogen) atoms. The van der Waals surface area contributed by atoms with Crippen molar-refractivity contribution >= 4 is 15.9 Å². The van der Waals surface area contributed by atoms with Crippen LogP contribution in [0.15, 0.2) is 21.2 Å². The van der Waals surface area contributed by atoms with Crippen LogP contribution in [0.5, 0.6) is 0 Å². The van der Waals surface area contributed by atoms with Crippen molar-refractivity contribution in [2.75, 3.05) is 13.2 Å². The molecule has 1 unspecified atom stereocenters. The van der Waals surface area contributed by atoms with E-state index in [1.165, 1.54) is 0 Å². The zero-order valence-corrected chi connectivity index (χ0v) is 10.1. The number of hydrogen-bond donors (Lipinski definition) is 1. The fraction of sp³-hybridized carbons (Fsp3) is 0.600. The van der Waals surface area contributed by atoms with Gasteiger partial charge in [-0.05, 0) is 41.9 Å². The molecule has 1 rings (SSSR count). The molecule has 0 radical (unpaired) electrons. The molecule has 0 amide bonds. The minimum absolute atomic E-state index is 0.346. The number of ether oxygens (including phenoxy) is 1. The summed E-state index contributed by atoms with van der Waals surface area (Å²) in [5.41, 5.74) is 0. The van der Waals surface area contributed by atoms with Crippen LogP contribution < -0.4 is 5.32 Å². The van der Waals surface area contributed by atoms with Gasteiger partial charge < -0.3 is 14.5 Å². The molecule has 0 aliphatic heterocycles. The number of hydrogen-bond acceptors (Lipinski definition) is 3. The zero-order chi connectivity index (χ0) is 10.4. The molecule has 0 aliphatic rings. The lowest BCUT2D eigenvalue weighted by molar-refractivity contribution is 0.126. The molecule has 0 aromatic carbocycles. The summed E-state index contributed by atoms with van der Waals surface area (Å²) in [4.78, 5) is 0. The van der Waals surface area contributed by atoms with Gasteiger partial charge in [-0.1, -0.05) is 0 Å². The predicted octanol–water partition coefficient (Wildman–Crippen LogP) is 2.56. The van der Waals surface area contributed by atoms with E-state index >= 15 is 0 Å². The Morgan fingerprint density at radius 2 is 2.36 bits per heavy atom. The first-order valence-corrected chi connectivity index (χ1v) is 5.57. The topological polar surface area (TPSA) is 34.4 Å². The third kappa shape index (κ3) is 4.26. The van der Waals surface area contributed by atoms with Gasteiger partial charge in [-0.2, -0.15) is 0 Å². The lowest BCUT2D eigenvalue weighted by Gasteiger charge is -2.11. The molecular formula is C10H16BrNO2. The molecular weight excluding hydrogens is 246 g/mol. The van der Waals surface area contributed by atoms with Crippen LogP contribution in [0, 0.1) is 0 Å². The first kappa shape index (κ1) is 11.8. The fourth-order valence-corrected chi connectivity index (χ4v) is 1.42. The first-order chi connectivity index (χ1) is 6.72. The first-order valence-electron chi connectivity index (χ1n) is 4.77. The molecule has 1 heterocycles. The summed E-state index contributed by atoms with van der Waals surface area (Å²) in [5.74, 6) is 0.931. The van der Waals surface area contributed by atoms with Crippen LogP contribution in [-0.2, 0) is 11.3 Å². The number of halogens is 1. The summed E-state index contributed by atoms with van der Waals surface area (Å²) in [5, 5.41) is 3.31. The second kappa shape index (κ2) is 6.22. The van der Waals surface area contributed by atoms with Crippen molar-refractivity contribution in [3.8, 4) is 0 Å². The Morgan fingerprint density at radius 1 is 1.57 bits per heavy atom. The average molecular weight is 262 g/mol. The third-order valence-electron chi connectivity index (χ3n) is 1.83. The Bertz CT molecular complexity index is 262. The second-order valence-electron chi connectivity index (χ2n) is 3.15. The van der Waals surface area contributed by atoms with E-state index in [4.69, 9.17) is 9.15 Å². The Hall–Kier alpha value is -0.320. The SMILES string of the molecule is CCOCC(C)NCc1ccc(Br)o1. The van der Waals surface area contributed by atoms with E-state index in [0.29, 0.717) is 6.04 Å². The highest BCUT2D eigenvalue weighted by molar-refractivity contribution is 9.10. The zero-order valence-electron chi connectivity index (χ0n) is 8.55. The highest BCUT2D eigenvalue weighted by Gasteiger charge is 2.03. The molecule has 0 saturated heterocycles. The average Bonchev–Trinajstić information content (AvgIpc) is 2.58. The van der Waals surface area contributed by atoms with Gasteiger partial charge in [0.2, 0.25) is 0 Å². The number of nitrogens with one attached hydrogen (secondary N) is 1. The van der Waals surface area contributed by atoms with Gasteiger partial charge in [0.25, 0.3) is 0 Å². The molecule has 80 valence electrons. The van der Waals surface area contributed by atoms with Crippen molar-refractivity contribution in [1.29, 1.82) is 0 Å². The quantitative estimate of drug-likeness (QED) is 0.855. The summed E-state index contributed by atoms with van der Waals surface area (Å²) in [6.07, 6.45) is 0. The summed E-state index contributed by atoms with van der Waals surface area (Å²) >= 11 is 3.26. The van der Waals surface area contributed by atoms with Gasteiger partial charge in [-0.25, -0.2) is 0 Å². The molecule has 1 atom stereocenters. The van der Waals surface area contributed by atoms with E-state index in [9.17, 15) is 0 Å². The van der Waals surface area contributed by atoms with E-state index in [2.05, 4.69) is 28.2 Å². The van der Waals surface area contributed by atoms with Crippen LogP contribution in [0.3, 0.4) is 0 Å². The highest BCUT2D eigenvalue weighted by atomic mass is 79.9. The molecule has 1 N–H and O–H groups in total.